The van der Waals surface area contributed by atoms with Crippen LogP contribution in [-0.2, 0) is 9.59 Å². The lowest BCUT2D eigenvalue weighted by Gasteiger charge is -2.27. The standard InChI is InChI=1S/C16H22FN3O4/c1-10(16(23)24)20(8-7-18-11(2)21)15(22)13-6-5-12(19(3)4)9-14(13)17/h5-6,9-10H,7-8H2,1-4H3,(H,18,21)(H,23,24). The largest absolute Gasteiger partial charge is 0.480 e. The van der Waals surface area contributed by atoms with Gasteiger partial charge in [-0.2, -0.15) is 0 Å². The minimum Gasteiger partial charge on any atom is -0.480 e. The summed E-state index contributed by atoms with van der Waals surface area (Å²) in [7, 11) is 3.48. The summed E-state index contributed by atoms with van der Waals surface area (Å²) in [5, 5.41) is 11.6. The molecule has 24 heavy (non-hydrogen) atoms. The van der Waals surface area contributed by atoms with Crippen molar-refractivity contribution in [1.82, 2.24) is 10.2 Å². The second-order valence-corrected chi connectivity index (χ2v) is 5.55. The number of amides is 2. The van der Waals surface area contributed by atoms with Crippen LogP contribution >= 0.6 is 0 Å². The van der Waals surface area contributed by atoms with E-state index in [2.05, 4.69) is 5.32 Å². The Balaban J connectivity index is 3.06. The van der Waals surface area contributed by atoms with Gasteiger partial charge in [0.15, 0.2) is 0 Å². The summed E-state index contributed by atoms with van der Waals surface area (Å²) in [6, 6.07) is 2.96. The maximum atomic E-state index is 14.2. The fourth-order valence-corrected chi connectivity index (χ4v) is 2.07. The van der Waals surface area contributed by atoms with Crippen LogP contribution in [0, 0.1) is 5.82 Å². The van der Waals surface area contributed by atoms with E-state index in [0.717, 1.165) is 4.90 Å². The first-order chi connectivity index (χ1) is 11.1. The number of aliphatic carboxylic acids is 1. The third kappa shape index (κ3) is 4.94. The molecule has 0 aliphatic rings. The number of halogens is 1. The molecule has 1 rings (SSSR count). The number of benzene rings is 1. The zero-order valence-corrected chi connectivity index (χ0v) is 14.2. The Labute approximate surface area is 140 Å². The number of nitrogens with zero attached hydrogens (tertiary/aromatic N) is 2. The molecule has 0 heterocycles. The first-order valence-corrected chi connectivity index (χ1v) is 7.40. The van der Waals surface area contributed by atoms with Crippen LogP contribution in [0.25, 0.3) is 0 Å². The summed E-state index contributed by atoms with van der Waals surface area (Å²) in [4.78, 5) is 37.4. The highest BCUT2D eigenvalue weighted by molar-refractivity contribution is 5.97. The van der Waals surface area contributed by atoms with Gasteiger partial charge in [-0.3, -0.25) is 9.59 Å². The van der Waals surface area contributed by atoms with Gasteiger partial charge in [0.2, 0.25) is 5.91 Å². The van der Waals surface area contributed by atoms with Gasteiger partial charge in [0.1, 0.15) is 11.9 Å². The summed E-state index contributed by atoms with van der Waals surface area (Å²) in [5.74, 6) is -2.98. The summed E-state index contributed by atoms with van der Waals surface area (Å²) in [6.07, 6.45) is 0. The lowest BCUT2D eigenvalue weighted by atomic mass is 10.1. The van der Waals surface area contributed by atoms with Gasteiger partial charge in [0.05, 0.1) is 5.56 Å². The van der Waals surface area contributed by atoms with Crippen molar-refractivity contribution >= 4 is 23.5 Å². The van der Waals surface area contributed by atoms with Crippen molar-refractivity contribution in [3.63, 3.8) is 0 Å². The van der Waals surface area contributed by atoms with Gasteiger partial charge >= 0.3 is 5.97 Å². The van der Waals surface area contributed by atoms with Crippen molar-refractivity contribution in [1.29, 1.82) is 0 Å². The van der Waals surface area contributed by atoms with Crippen LogP contribution < -0.4 is 10.2 Å². The molecular formula is C16H22FN3O4. The van der Waals surface area contributed by atoms with Crippen molar-refractivity contribution in [2.24, 2.45) is 0 Å². The van der Waals surface area contributed by atoms with Gasteiger partial charge in [-0.1, -0.05) is 0 Å². The average Bonchev–Trinajstić information content (AvgIpc) is 2.49. The van der Waals surface area contributed by atoms with Gasteiger partial charge in [0.25, 0.3) is 5.91 Å². The van der Waals surface area contributed by atoms with E-state index in [-0.39, 0.29) is 24.6 Å². The molecule has 0 bridgehead atoms. The smallest absolute Gasteiger partial charge is 0.326 e. The number of hydrogen-bond donors (Lipinski definition) is 2. The summed E-state index contributed by atoms with van der Waals surface area (Å²) < 4.78 is 14.2. The van der Waals surface area contributed by atoms with E-state index in [9.17, 15) is 18.8 Å². The zero-order chi connectivity index (χ0) is 18.4. The molecule has 0 aromatic heterocycles. The summed E-state index contributed by atoms with van der Waals surface area (Å²) >= 11 is 0. The number of carboxylic acids is 1. The van der Waals surface area contributed by atoms with Gasteiger partial charge in [-0.15, -0.1) is 0 Å². The number of nitrogens with one attached hydrogen (secondary N) is 1. The Kier molecular flexibility index (Phi) is 6.69. The highest BCUT2D eigenvalue weighted by atomic mass is 19.1. The molecule has 132 valence electrons. The van der Waals surface area contributed by atoms with E-state index >= 15 is 0 Å². The molecule has 0 aliphatic carbocycles. The number of carbonyl (C=O) groups is 3. The molecule has 0 radical (unpaired) electrons. The average molecular weight is 339 g/mol. The topological polar surface area (TPSA) is 90.0 Å². The first kappa shape index (κ1) is 19.4. The number of anilines is 1. The molecule has 0 aliphatic heterocycles. The van der Waals surface area contributed by atoms with Gasteiger partial charge in [-0.25, -0.2) is 9.18 Å². The van der Waals surface area contributed by atoms with E-state index < -0.39 is 23.7 Å². The lowest BCUT2D eigenvalue weighted by Crippen LogP contribution is -2.47. The summed E-state index contributed by atoms with van der Waals surface area (Å²) in [6.45, 7) is 2.68. The molecule has 0 saturated carbocycles. The van der Waals surface area contributed by atoms with Crippen molar-refractivity contribution in [2.45, 2.75) is 19.9 Å². The van der Waals surface area contributed by atoms with E-state index in [1.807, 2.05) is 0 Å². The van der Waals surface area contributed by atoms with Gasteiger partial charge in [-0.05, 0) is 25.1 Å². The van der Waals surface area contributed by atoms with Crippen LogP contribution in [0.4, 0.5) is 10.1 Å². The normalized spacial score (nSPS) is 11.5. The summed E-state index contributed by atoms with van der Waals surface area (Å²) in [5.41, 5.74) is 0.372. The fourth-order valence-electron chi connectivity index (χ4n) is 2.07. The van der Waals surface area contributed by atoms with Crippen molar-refractivity contribution < 1.29 is 23.9 Å². The second kappa shape index (κ2) is 8.28. The van der Waals surface area contributed by atoms with Crippen molar-refractivity contribution in [3.05, 3.63) is 29.6 Å². The predicted octanol–water partition coefficient (Wildman–Crippen LogP) is 0.943. The molecule has 1 unspecified atom stereocenters. The van der Waals surface area contributed by atoms with Crippen molar-refractivity contribution in [3.8, 4) is 0 Å². The molecule has 2 amide bonds. The van der Waals surface area contributed by atoms with Gasteiger partial charge in [0, 0.05) is 39.8 Å². The molecule has 7 nitrogen and oxygen atoms in total. The Bertz CT molecular complexity index is 634. The Hall–Kier alpha value is -2.64. The quantitative estimate of drug-likeness (QED) is 0.772. The highest BCUT2D eigenvalue weighted by Crippen LogP contribution is 2.19. The molecule has 8 heteroatoms. The van der Waals surface area contributed by atoms with Crippen LogP contribution in [0.1, 0.15) is 24.2 Å². The fraction of sp³-hybridized carbons (Fsp3) is 0.438. The molecule has 1 aromatic carbocycles. The third-order valence-electron chi connectivity index (χ3n) is 3.51. The first-order valence-electron chi connectivity index (χ1n) is 7.40. The van der Waals surface area contributed by atoms with E-state index in [1.54, 1.807) is 25.1 Å². The van der Waals surface area contributed by atoms with E-state index in [0.29, 0.717) is 5.69 Å². The number of carboxylic acid groups (broad SMARTS) is 1. The molecular weight excluding hydrogens is 317 g/mol. The number of rotatable bonds is 7. The lowest BCUT2D eigenvalue weighted by molar-refractivity contribution is -0.141. The van der Waals surface area contributed by atoms with Gasteiger partial charge < -0.3 is 20.2 Å². The molecule has 0 saturated heterocycles. The van der Waals surface area contributed by atoms with Crippen LogP contribution in [-0.4, -0.2) is 61.0 Å². The highest BCUT2D eigenvalue weighted by Gasteiger charge is 2.28. The van der Waals surface area contributed by atoms with Crippen LogP contribution in [0.5, 0.6) is 0 Å². The minimum absolute atomic E-state index is 0.0409. The van der Waals surface area contributed by atoms with Crippen LogP contribution in [0.15, 0.2) is 18.2 Å². The molecule has 0 fully saturated rings. The zero-order valence-electron chi connectivity index (χ0n) is 14.2. The Morgan fingerprint density at radius 3 is 2.38 bits per heavy atom. The van der Waals surface area contributed by atoms with Crippen molar-refractivity contribution in [2.75, 3.05) is 32.1 Å². The van der Waals surface area contributed by atoms with E-state index in [1.165, 1.54) is 26.0 Å². The maximum absolute atomic E-state index is 14.2. The molecule has 1 atom stereocenters. The predicted molar refractivity (Wildman–Crippen MR) is 87.5 cm³/mol. The number of carbonyl (C=O) groups excluding carboxylic acids is 2. The van der Waals surface area contributed by atoms with Crippen LogP contribution in [0.2, 0.25) is 0 Å². The Morgan fingerprint density at radius 2 is 1.92 bits per heavy atom. The van der Waals surface area contributed by atoms with Crippen LogP contribution in [0.3, 0.4) is 0 Å². The maximum Gasteiger partial charge on any atom is 0.326 e. The minimum atomic E-state index is -1.21. The number of hydrogen-bond acceptors (Lipinski definition) is 4. The monoisotopic (exact) mass is 339 g/mol. The molecule has 0 spiro atoms. The van der Waals surface area contributed by atoms with E-state index in [4.69, 9.17) is 5.11 Å². The molecule has 1 aromatic rings. The molecule has 2 N–H and O–H groups in total. The SMILES string of the molecule is CC(=O)NCCN(C(=O)c1ccc(N(C)C)cc1F)C(C)C(=O)O. The Morgan fingerprint density at radius 1 is 1.29 bits per heavy atom. The second-order valence-electron chi connectivity index (χ2n) is 5.55. The third-order valence-corrected chi connectivity index (χ3v) is 3.51.